The molecule has 0 saturated carbocycles. The van der Waals surface area contributed by atoms with Gasteiger partial charge in [0.25, 0.3) is 27.5 Å². The van der Waals surface area contributed by atoms with Gasteiger partial charge < -0.3 is 38.9 Å². The first-order valence-corrected chi connectivity index (χ1v) is 37.0. The van der Waals surface area contributed by atoms with Crippen LogP contribution in [0.25, 0.3) is 33.2 Å². The lowest BCUT2D eigenvalue weighted by atomic mass is 9.72. The van der Waals surface area contributed by atoms with Crippen molar-refractivity contribution in [1.82, 2.24) is 34.5 Å². The van der Waals surface area contributed by atoms with E-state index in [4.69, 9.17) is 37.4 Å². The van der Waals surface area contributed by atoms with Gasteiger partial charge in [-0.1, -0.05) is 86.3 Å². The van der Waals surface area contributed by atoms with Crippen LogP contribution in [0.3, 0.4) is 0 Å². The molecule has 2 aliphatic carbocycles. The number of rotatable bonds is 20. The Balaban J connectivity index is 0.726. The lowest BCUT2D eigenvalue weighted by Crippen LogP contribution is -2.47. The maximum atomic E-state index is 15.7. The van der Waals surface area contributed by atoms with Crippen molar-refractivity contribution in [3.05, 3.63) is 206 Å². The molecule has 14 rings (SSSR count). The number of ether oxygens (including phenoxy) is 3. The average Bonchev–Trinajstić information content (AvgIpc) is 1.21. The van der Waals surface area contributed by atoms with Crippen LogP contribution in [0.4, 0.5) is 22.7 Å². The molecular formula is C78H83Cl2N11O9S. The van der Waals surface area contributed by atoms with E-state index in [-0.39, 0.29) is 51.6 Å². The number of nitro benzene ring substituents is 1. The number of carbonyl (C=O) groups excluding carboxylic acids is 2. The number of amides is 2. The van der Waals surface area contributed by atoms with Crippen LogP contribution in [-0.2, 0) is 14.8 Å². The number of hydrogen-bond donors (Lipinski definition) is 3. The van der Waals surface area contributed by atoms with Crippen molar-refractivity contribution in [2.24, 2.45) is 16.7 Å². The van der Waals surface area contributed by atoms with E-state index in [9.17, 15) is 23.3 Å². The number of nitro groups is 1. The molecule has 0 spiro atoms. The van der Waals surface area contributed by atoms with Crippen molar-refractivity contribution in [3.8, 4) is 23.0 Å². The number of nitrogens with one attached hydrogen (secondary N) is 3. The van der Waals surface area contributed by atoms with E-state index in [1.54, 1.807) is 42.9 Å². The van der Waals surface area contributed by atoms with Gasteiger partial charge in [-0.05, 0) is 175 Å². The minimum atomic E-state index is -4.86. The van der Waals surface area contributed by atoms with Crippen LogP contribution in [0.5, 0.6) is 23.0 Å². The summed E-state index contributed by atoms with van der Waals surface area (Å²) in [5.74, 6) is -0.856. The number of allylic oxidation sites excluding steroid dienone is 2. The van der Waals surface area contributed by atoms with Gasteiger partial charge in [0.15, 0.2) is 0 Å². The van der Waals surface area contributed by atoms with E-state index < -0.39 is 37.3 Å². The first-order valence-electron chi connectivity index (χ1n) is 34.8. The second-order valence-electron chi connectivity index (χ2n) is 28.9. The van der Waals surface area contributed by atoms with Gasteiger partial charge in [0.2, 0.25) is 0 Å². The zero-order valence-electron chi connectivity index (χ0n) is 57.3. The van der Waals surface area contributed by atoms with Gasteiger partial charge in [-0.15, -0.1) is 0 Å². The van der Waals surface area contributed by atoms with Gasteiger partial charge in [-0.3, -0.25) is 29.5 Å². The van der Waals surface area contributed by atoms with Crippen molar-refractivity contribution in [2.45, 2.75) is 84.0 Å². The highest BCUT2D eigenvalue weighted by Gasteiger charge is 2.36. The van der Waals surface area contributed by atoms with Gasteiger partial charge >= 0.3 is 0 Å². The van der Waals surface area contributed by atoms with Crippen molar-refractivity contribution < 1.29 is 37.1 Å². The molecule has 5 aromatic carbocycles. The van der Waals surface area contributed by atoms with Gasteiger partial charge in [-0.2, -0.15) is 0 Å². The fraction of sp³-hybridized carbons (Fsp3) is 0.359. The molecule has 3 fully saturated rings. The zero-order valence-corrected chi connectivity index (χ0v) is 59.6. The summed E-state index contributed by atoms with van der Waals surface area (Å²) in [5.41, 5.74) is 10.5. The van der Waals surface area contributed by atoms with Crippen molar-refractivity contribution in [2.75, 3.05) is 99.9 Å². The predicted molar refractivity (Wildman–Crippen MR) is 398 cm³/mol. The van der Waals surface area contributed by atoms with Crippen molar-refractivity contribution in [1.29, 1.82) is 0 Å². The van der Waals surface area contributed by atoms with Gasteiger partial charge in [0.05, 0.1) is 33.3 Å². The van der Waals surface area contributed by atoms with Crippen molar-refractivity contribution in [3.63, 3.8) is 0 Å². The molecule has 5 aliphatic rings. The molecule has 2 amide bonds. The molecular weight excluding hydrogens is 1340 g/mol. The molecule has 0 radical (unpaired) electrons. The first kappa shape index (κ1) is 69.0. The number of anilines is 3. The van der Waals surface area contributed by atoms with Gasteiger partial charge in [0, 0.05) is 148 Å². The lowest BCUT2D eigenvalue weighted by Gasteiger charge is -2.39. The number of fused-ring (bicyclic) bond motifs is 2. The van der Waals surface area contributed by atoms with Crippen LogP contribution in [0.1, 0.15) is 111 Å². The maximum Gasteiger partial charge on any atom is 0.294 e. The normalized spacial score (nSPS) is 17.9. The molecule has 3 N–H and O–H groups in total. The molecule has 7 heterocycles. The minimum Gasteiger partial charge on any atom is -0.455 e. The van der Waals surface area contributed by atoms with Crippen LogP contribution in [-0.4, -0.2) is 140 Å². The smallest absolute Gasteiger partial charge is 0.294 e. The third-order valence-electron chi connectivity index (χ3n) is 20.7. The summed E-state index contributed by atoms with van der Waals surface area (Å²) < 4.78 is 50.4. The maximum absolute atomic E-state index is 15.7. The van der Waals surface area contributed by atoms with Gasteiger partial charge in [0.1, 0.15) is 40.0 Å². The largest absolute Gasteiger partial charge is 0.455 e. The molecule has 4 aromatic heterocycles. The van der Waals surface area contributed by atoms with Gasteiger partial charge in [-0.25, -0.2) is 23.1 Å². The topological polar surface area (TPSA) is 225 Å². The van der Waals surface area contributed by atoms with E-state index in [1.165, 1.54) is 62.7 Å². The number of H-pyrrole nitrogens is 2. The summed E-state index contributed by atoms with van der Waals surface area (Å²) in [4.78, 5) is 68.6. The molecule has 3 aliphatic heterocycles. The Morgan fingerprint density at radius 2 is 1.13 bits per heavy atom. The Hall–Kier alpha value is -9.09. The van der Waals surface area contributed by atoms with Crippen LogP contribution >= 0.6 is 23.2 Å². The fourth-order valence-electron chi connectivity index (χ4n) is 14.9. The van der Waals surface area contributed by atoms with Crippen LogP contribution in [0.2, 0.25) is 10.0 Å². The Labute approximate surface area is 598 Å². The second-order valence-corrected chi connectivity index (χ2v) is 31.5. The molecule has 23 heteroatoms. The van der Waals surface area contributed by atoms with Crippen LogP contribution in [0, 0.1) is 26.9 Å². The molecule has 524 valence electrons. The Morgan fingerprint density at radius 3 is 1.62 bits per heavy atom. The molecule has 9 aromatic rings. The summed E-state index contributed by atoms with van der Waals surface area (Å²) in [7, 11) is -4.86. The van der Waals surface area contributed by atoms with E-state index in [0.717, 1.165) is 106 Å². The predicted octanol–water partition coefficient (Wildman–Crippen LogP) is 16.0. The number of halogens is 2. The van der Waals surface area contributed by atoms with Crippen LogP contribution < -0.4 is 28.9 Å². The monoisotopic (exact) mass is 1420 g/mol. The molecule has 0 bridgehead atoms. The Morgan fingerprint density at radius 1 is 0.644 bits per heavy atom. The Kier molecular flexibility index (Phi) is 19.9. The third kappa shape index (κ3) is 15.9. The minimum absolute atomic E-state index is 0.0312. The number of hydrogen-bond acceptors (Lipinski definition) is 15. The third-order valence-corrected chi connectivity index (χ3v) is 22.5. The zero-order chi connectivity index (χ0) is 70.2. The number of nitrogens with zero attached hydrogens (tertiary/aromatic N) is 8. The highest BCUT2D eigenvalue weighted by atomic mass is 35.5. The lowest BCUT2D eigenvalue weighted by molar-refractivity contribution is -0.384. The molecule has 20 nitrogen and oxygen atoms in total. The molecule has 0 atom stereocenters. The summed E-state index contributed by atoms with van der Waals surface area (Å²) in [6.07, 6.45) is 14.0. The van der Waals surface area contributed by atoms with E-state index in [2.05, 4.69) is 96.2 Å². The molecule has 101 heavy (non-hydrogen) atoms. The number of aromatic amines is 2. The average molecular weight is 1420 g/mol. The summed E-state index contributed by atoms with van der Waals surface area (Å²) in [5, 5.41) is 16.5. The summed E-state index contributed by atoms with van der Waals surface area (Å²) in [6.45, 7) is 17.8. The fourth-order valence-corrected chi connectivity index (χ4v) is 16.1. The second kappa shape index (κ2) is 29.1. The number of pyridine rings is 2. The number of carbonyl (C=O) groups is 2. The van der Waals surface area contributed by atoms with E-state index >= 15 is 4.79 Å². The van der Waals surface area contributed by atoms with Crippen LogP contribution in [0.15, 0.2) is 168 Å². The van der Waals surface area contributed by atoms with E-state index in [0.29, 0.717) is 85.1 Å². The number of benzene rings is 5. The quantitative estimate of drug-likeness (QED) is 0.0477. The van der Waals surface area contributed by atoms with E-state index in [1.807, 2.05) is 54.6 Å². The molecule has 0 unspecified atom stereocenters. The van der Waals surface area contributed by atoms with Crippen molar-refractivity contribution >= 4 is 101 Å². The highest BCUT2D eigenvalue weighted by Crippen LogP contribution is 2.46. The summed E-state index contributed by atoms with van der Waals surface area (Å²) in [6, 6.07) is 37.4. The summed E-state index contributed by atoms with van der Waals surface area (Å²) >= 11 is 12.7. The SMILES string of the molecule is CC1(C)CCC(CN2CCN(c3ccc(C(=O)NS(=O)(=O)c4ccc(N(CC5CCOCC5)C(=O)c5ccc(N6CCN(CC7=C(c8ccc(Cl)cc8)CC(C)(C)CC7)CC6)cc5Oc5cnc6[nH]ccc6c5)c([N+](=O)[O-])c4)c(Oc4cnc5[nH]ccc5c4)c3)CC2)=C(c2ccc(Cl)cc2)C1. The molecule has 3 saturated heterocycles. The number of piperazine rings is 2. The Bertz CT molecular complexity index is 4780. The standard InChI is InChI=1S/C78H83Cl2N11O9S/c1-77(2)25-19-56(67(44-77)52-5-9-58(79)10-6-52)49-86-29-33-88(34-30-86)60-13-16-65(71(41-60)99-62-39-54-21-27-81-73(54)83-46-62)75(92)85-101(96,97)64-15-18-69(70(43-64)91(94)95)90(48-51-23-37-98-38-24-51)76(93)66-17-14-61(42-72(66)100-63-40-55-22-28-82-74(55)84-47-63)89-35-31-87(32-36-89)50-57-20-26-78(3,4)45-68(57)53-7-11-59(80)12-8-53/h5-18,21-22,27-28,39-43,46-47,51H,19-20,23-26,29-38,44-45,48-50H2,1-4H3,(H,81,83)(H,82,84)(H,85,92). The number of aromatic nitrogens is 4. The first-order chi connectivity index (χ1) is 48.6. The highest BCUT2D eigenvalue weighted by molar-refractivity contribution is 7.90. The number of sulfonamides is 1.